The van der Waals surface area contributed by atoms with E-state index in [4.69, 9.17) is 19.3 Å². The van der Waals surface area contributed by atoms with Gasteiger partial charge in [-0.3, -0.25) is 4.79 Å². The molecule has 0 radical (unpaired) electrons. The van der Waals surface area contributed by atoms with E-state index >= 15 is 0 Å². The Kier molecular flexibility index (Phi) is 5.64. The number of benzene rings is 2. The van der Waals surface area contributed by atoms with Crippen LogP contribution in [0.3, 0.4) is 0 Å². The molecule has 2 N–H and O–H groups in total. The van der Waals surface area contributed by atoms with Gasteiger partial charge < -0.3 is 29.3 Å². The molecular weight excluding hydrogens is 438 g/mol. The number of phenolic OH excluding ortho intramolecular Hbond substituents is 1. The first-order valence-electron chi connectivity index (χ1n) is 11.7. The van der Waals surface area contributed by atoms with E-state index in [1.54, 1.807) is 36.4 Å². The van der Waals surface area contributed by atoms with Gasteiger partial charge in [0.1, 0.15) is 11.4 Å². The highest BCUT2D eigenvalue weighted by atomic mass is 16.5. The molecule has 3 aliphatic heterocycles. The Hall–Kier alpha value is -3.26. The SMILES string of the molecule is CC1(C)Oc2c(O)cccc2[C@H]2O[C@H]3CCCN(C(=O)c4ccccc4OCC(=O)O)[C@H]3C[C@@H]21. The number of fused-ring (bicyclic) bond motifs is 4. The number of phenols is 1. The maximum Gasteiger partial charge on any atom is 0.341 e. The standard InChI is InChI=1S/C26H29NO7/c1-26(2)17-13-18-21(33-23(17)16-8-5-9-19(28)24(16)34-26)11-6-12-27(18)25(31)15-7-3-4-10-20(15)32-14-22(29)30/h3-5,7-10,17-18,21,23,28H,6,11-14H2,1-2H3,(H,29,30)/t17-,18-,21-,23+/m0/s1. The first-order chi connectivity index (χ1) is 16.3. The summed E-state index contributed by atoms with van der Waals surface area (Å²) in [6.07, 6.45) is 1.96. The summed E-state index contributed by atoms with van der Waals surface area (Å²) in [5.74, 6) is -0.468. The van der Waals surface area contributed by atoms with Crippen LogP contribution in [0.2, 0.25) is 0 Å². The van der Waals surface area contributed by atoms with Gasteiger partial charge in [0, 0.05) is 18.0 Å². The lowest BCUT2D eigenvalue weighted by molar-refractivity contribution is -0.184. The molecule has 2 aromatic carbocycles. The number of carbonyl (C=O) groups excluding carboxylic acids is 1. The zero-order valence-electron chi connectivity index (χ0n) is 19.3. The molecule has 3 aliphatic rings. The molecule has 180 valence electrons. The number of para-hydroxylation sites is 2. The van der Waals surface area contributed by atoms with Gasteiger partial charge in [-0.25, -0.2) is 4.79 Å². The number of aliphatic carboxylic acids is 1. The Morgan fingerprint density at radius 1 is 1.18 bits per heavy atom. The van der Waals surface area contributed by atoms with Crippen LogP contribution in [0.1, 0.15) is 55.1 Å². The van der Waals surface area contributed by atoms with E-state index in [1.165, 1.54) is 0 Å². The normalized spacial score (nSPS) is 26.9. The van der Waals surface area contributed by atoms with Gasteiger partial charge in [0.2, 0.25) is 0 Å². The lowest BCUT2D eigenvalue weighted by Gasteiger charge is -2.54. The fraction of sp³-hybridized carbons (Fsp3) is 0.462. The van der Waals surface area contributed by atoms with E-state index in [-0.39, 0.29) is 41.6 Å². The van der Waals surface area contributed by atoms with Crippen molar-refractivity contribution in [2.45, 2.75) is 57.0 Å². The van der Waals surface area contributed by atoms with Crippen molar-refractivity contribution in [3.63, 3.8) is 0 Å². The van der Waals surface area contributed by atoms with Gasteiger partial charge in [0.15, 0.2) is 18.1 Å². The number of nitrogens with zero attached hydrogens (tertiary/aromatic N) is 1. The Morgan fingerprint density at radius 2 is 1.97 bits per heavy atom. The minimum absolute atomic E-state index is 0.0186. The number of hydrogen-bond donors (Lipinski definition) is 2. The third-order valence-corrected chi connectivity index (χ3v) is 7.22. The van der Waals surface area contributed by atoms with Crippen molar-refractivity contribution < 1.29 is 34.0 Å². The molecule has 4 atom stereocenters. The topological polar surface area (TPSA) is 106 Å². The number of rotatable bonds is 4. The van der Waals surface area contributed by atoms with Crippen molar-refractivity contribution in [3.8, 4) is 17.2 Å². The first kappa shape index (κ1) is 22.5. The predicted molar refractivity (Wildman–Crippen MR) is 122 cm³/mol. The smallest absolute Gasteiger partial charge is 0.341 e. The molecule has 3 heterocycles. The summed E-state index contributed by atoms with van der Waals surface area (Å²) in [6.45, 7) is 4.06. The average Bonchev–Trinajstić information content (AvgIpc) is 2.82. The molecule has 0 unspecified atom stereocenters. The fourth-order valence-electron chi connectivity index (χ4n) is 5.60. The molecule has 2 aromatic rings. The van der Waals surface area contributed by atoms with Gasteiger partial charge in [-0.15, -0.1) is 0 Å². The predicted octanol–water partition coefficient (Wildman–Crippen LogP) is 3.78. The number of aromatic hydroxyl groups is 1. The molecule has 34 heavy (non-hydrogen) atoms. The highest BCUT2D eigenvalue weighted by molar-refractivity contribution is 5.97. The number of carboxylic acids is 1. The van der Waals surface area contributed by atoms with Crippen LogP contribution in [-0.2, 0) is 9.53 Å². The van der Waals surface area contributed by atoms with E-state index in [0.29, 0.717) is 24.3 Å². The zero-order chi connectivity index (χ0) is 24.0. The van der Waals surface area contributed by atoms with E-state index in [0.717, 1.165) is 18.4 Å². The van der Waals surface area contributed by atoms with Crippen molar-refractivity contribution in [1.82, 2.24) is 4.90 Å². The quantitative estimate of drug-likeness (QED) is 0.705. The summed E-state index contributed by atoms with van der Waals surface area (Å²) in [5.41, 5.74) is 0.593. The van der Waals surface area contributed by atoms with Crippen molar-refractivity contribution >= 4 is 11.9 Å². The minimum atomic E-state index is -1.10. The Morgan fingerprint density at radius 3 is 2.76 bits per heavy atom. The largest absolute Gasteiger partial charge is 0.504 e. The van der Waals surface area contributed by atoms with Gasteiger partial charge in [-0.2, -0.15) is 0 Å². The summed E-state index contributed by atoms with van der Waals surface area (Å²) >= 11 is 0. The maximum atomic E-state index is 13.7. The lowest BCUT2D eigenvalue weighted by Crippen LogP contribution is -2.60. The molecule has 0 saturated carbocycles. The molecule has 2 saturated heterocycles. The van der Waals surface area contributed by atoms with Crippen molar-refractivity contribution in [1.29, 1.82) is 0 Å². The third kappa shape index (κ3) is 3.86. The number of ether oxygens (including phenoxy) is 3. The summed E-state index contributed by atoms with van der Waals surface area (Å²) in [6, 6.07) is 12.0. The number of carboxylic acid groups (broad SMARTS) is 1. The van der Waals surface area contributed by atoms with Crippen LogP contribution >= 0.6 is 0 Å². The van der Waals surface area contributed by atoms with Crippen molar-refractivity contribution in [2.24, 2.45) is 5.92 Å². The second-order valence-corrected chi connectivity index (χ2v) is 9.73. The van der Waals surface area contributed by atoms with E-state index in [2.05, 4.69) is 0 Å². The van der Waals surface area contributed by atoms with E-state index < -0.39 is 18.2 Å². The van der Waals surface area contributed by atoms with Crippen LogP contribution in [0.4, 0.5) is 0 Å². The number of carbonyl (C=O) groups is 2. The summed E-state index contributed by atoms with van der Waals surface area (Å²) < 4.78 is 18.3. The zero-order valence-corrected chi connectivity index (χ0v) is 19.3. The van der Waals surface area contributed by atoms with E-state index in [9.17, 15) is 14.7 Å². The van der Waals surface area contributed by atoms with Gasteiger partial charge in [0.05, 0.1) is 23.8 Å². The molecule has 8 heteroatoms. The van der Waals surface area contributed by atoms with Gasteiger partial charge in [-0.1, -0.05) is 24.3 Å². The Balaban J connectivity index is 1.44. The van der Waals surface area contributed by atoms with Gasteiger partial charge >= 0.3 is 5.97 Å². The number of piperidine rings is 1. The molecule has 0 spiro atoms. The number of amides is 1. The fourth-order valence-corrected chi connectivity index (χ4v) is 5.60. The Labute approximate surface area is 198 Å². The second-order valence-electron chi connectivity index (χ2n) is 9.73. The second kappa shape index (κ2) is 8.51. The Bertz CT molecular complexity index is 1110. The monoisotopic (exact) mass is 467 g/mol. The number of likely N-dealkylation sites (tertiary alicyclic amines) is 1. The molecule has 8 nitrogen and oxygen atoms in total. The molecule has 2 fully saturated rings. The van der Waals surface area contributed by atoms with Crippen LogP contribution in [0, 0.1) is 5.92 Å². The van der Waals surface area contributed by atoms with Gasteiger partial charge in [0.25, 0.3) is 5.91 Å². The summed E-state index contributed by atoms with van der Waals surface area (Å²) in [5, 5.41) is 19.4. The maximum absolute atomic E-state index is 13.7. The van der Waals surface area contributed by atoms with Crippen LogP contribution in [0.25, 0.3) is 0 Å². The van der Waals surface area contributed by atoms with Crippen molar-refractivity contribution in [2.75, 3.05) is 13.2 Å². The van der Waals surface area contributed by atoms with Crippen molar-refractivity contribution in [3.05, 3.63) is 53.6 Å². The highest BCUT2D eigenvalue weighted by Crippen LogP contribution is 2.54. The molecule has 0 aromatic heterocycles. The van der Waals surface area contributed by atoms with Crippen LogP contribution < -0.4 is 9.47 Å². The minimum Gasteiger partial charge on any atom is -0.504 e. The van der Waals surface area contributed by atoms with E-state index in [1.807, 2.05) is 24.8 Å². The molecule has 0 aliphatic carbocycles. The average molecular weight is 468 g/mol. The summed E-state index contributed by atoms with van der Waals surface area (Å²) in [4.78, 5) is 26.5. The molecule has 1 amide bonds. The molecule has 5 rings (SSSR count). The summed E-state index contributed by atoms with van der Waals surface area (Å²) in [7, 11) is 0. The highest BCUT2D eigenvalue weighted by Gasteiger charge is 2.53. The molecule has 0 bridgehead atoms. The first-order valence-corrected chi connectivity index (χ1v) is 11.7. The van der Waals surface area contributed by atoms with Gasteiger partial charge in [-0.05, 0) is 51.3 Å². The number of hydrogen-bond acceptors (Lipinski definition) is 6. The van der Waals surface area contributed by atoms with Crippen LogP contribution in [0.15, 0.2) is 42.5 Å². The van der Waals surface area contributed by atoms with Crippen LogP contribution in [-0.4, -0.2) is 57.9 Å². The third-order valence-electron chi connectivity index (χ3n) is 7.22. The lowest BCUT2D eigenvalue weighted by atomic mass is 9.72. The molecular formula is C26H29NO7. The van der Waals surface area contributed by atoms with Crippen LogP contribution in [0.5, 0.6) is 17.2 Å².